The van der Waals surface area contributed by atoms with Crippen molar-refractivity contribution in [3.05, 3.63) is 51.8 Å². The highest BCUT2D eigenvalue weighted by atomic mass is 35.5. The van der Waals surface area contributed by atoms with E-state index in [1.54, 1.807) is 29.1 Å². The van der Waals surface area contributed by atoms with Gasteiger partial charge in [-0.25, -0.2) is 0 Å². The molecule has 0 radical (unpaired) electrons. The van der Waals surface area contributed by atoms with Gasteiger partial charge < -0.3 is 10.4 Å². The minimum Gasteiger partial charge on any atom is -0.387 e. The summed E-state index contributed by atoms with van der Waals surface area (Å²) in [4.78, 5) is 0. The summed E-state index contributed by atoms with van der Waals surface area (Å²) in [6, 6.07) is 5.28. The lowest BCUT2D eigenvalue weighted by molar-refractivity contribution is 0.171. The molecule has 0 amide bonds. The molecule has 0 saturated heterocycles. The van der Waals surface area contributed by atoms with Crippen molar-refractivity contribution in [2.24, 2.45) is 7.05 Å². The van der Waals surface area contributed by atoms with Gasteiger partial charge in [-0.1, -0.05) is 29.3 Å². The molecule has 2 aromatic rings. The van der Waals surface area contributed by atoms with Crippen molar-refractivity contribution in [1.82, 2.24) is 15.1 Å². The predicted molar refractivity (Wildman–Crippen MR) is 81.0 cm³/mol. The van der Waals surface area contributed by atoms with E-state index in [-0.39, 0.29) is 6.04 Å². The molecule has 0 saturated carbocycles. The Morgan fingerprint density at radius 2 is 2.00 bits per heavy atom. The van der Waals surface area contributed by atoms with Gasteiger partial charge in [-0.3, -0.25) is 4.68 Å². The largest absolute Gasteiger partial charge is 0.387 e. The molecule has 0 fully saturated rings. The molecule has 2 atom stereocenters. The molecule has 0 aliphatic heterocycles. The molecule has 108 valence electrons. The zero-order valence-corrected chi connectivity index (χ0v) is 12.9. The molecule has 1 aromatic heterocycles. The molecule has 2 unspecified atom stereocenters. The quantitative estimate of drug-likeness (QED) is 0.891. The predicted octanol–water partition coefficient (Wildman–Crippen LogP) is 3.11. The molecular weight excluding hydrogens is 297 g/mol. The molecular formula is C14H17Cl2N3O. The number of hydrogen-bond donors (Lipinski definition) is 2. The summed E-state index contributed by atoms with van der Waals surface area (Å²) in [6.45, 7) is 2.37. The highest BCUT2D eigenvalue weighted by molar-refractivity contribution is 6.36. The van der Waals surface area contributed by atoms with E-state index in [2.05, 4.69) is 10.4 Å². The molecule has 6 heteroatoms. The molecule has 0 spiro atoms. The van der Waals surface area contributed by atoms with Gasteiger partial charge in [-0.05, 0) is 19.1 Å². The first-order chi connectivity index (χ1) is 9.49. The Labute approximate surface area is 128 Å². The number of nitrogens with one attached hydrogen (secondary N) is 1. The SMILES string of the molecule is CC(NCC(O)c1c(Cl)cccc1Cl)c1cnn(C)c1. The number of aliphatic hydroxyl groups excluding tert-OH is 1. The Balaban J connectivity index is 2.00. The number of halogens is 2. The summed E-state index contributed by atoms with van der Waals surface area (Å²) in [5.41, 5.74) is 1.62. The third-order valence-electron chi connectivity index (χ3n) is 3.18. The standard InChI is InChI=1S/C14H17Cl2N3O/c1-9(10-6-18-19(2)8-10)17-7-13(20)14-11(15)4-3-5-12(14)16/h3-6,8-9,13,17,20H,7H2,1-2H3. The Hall–Kier alpha value is -1.07. The second-order valence-electron chi connectivity index (χ2n) is 4.73. The van der Waals surface area contributed by atoms with Crippen LogP contribution in [0.1, 0.15) is 30.2 Å². The number of aryl methyl sites for hydroxylation is 1. The van der Waals surface area contributed by atoms with Crippen LogP contribution in [-0.4, -0.2) is 21.4 Å². The van der Waals surface area contributed by atoms with Crippen LogP contribution in [0.3, 0.4) is 0 Å². The van der Waals surface area contributed by atoms with Crippen molar-refractivity contribution in [3.8, 4) is 0 Å². The number of aliphatic hydroxyl groups is 1. The topological polar surface area (TPSA) is 50.1 Å². The molecule has 4 nitrogen and oxygen atoms in total. The number of aromatic nitrogens is 2. The van der Waals surface area contributed by atoms with Gasteiger partial charge in [-0.15, -0.1) is 0 Å². The van der Waals surface area contributed by atoms with Gasteiger partial charge in [0, 0.05) is 47.0 Å². The summed E-state index contributed by atoms with van der Waals surface area (Å²) in [5.74, 6) is 0. The number of benzene rings is 1. The number of nitrogens with zero attached hydrogens (tertiary/aromatic N) is 2. The summed E-state index contributed by atoms with van der Waals surface area (Å²) in [6.07, 6.45) is 2.98. The fourth-order valence-corrected chi connectivity index (χ4v) is 2.65. The minimum atomic E-state index is -0.754. The van der Waals surface area contributed by atoms with Crippen molar-refractivity contribution in [1.29, 1.82) is 0 Å². The monoisotopic (exact) mass is 313 g/mol. The van der Waals surface area contributed by atoms with Crippen LogP contribution in [0.25, 0.3) is 0 Å². The van der Waals surface area contributed by atoms with E-state index < -0.39 is 6.10 Å². The van der Waals surface area contributed by atoms with E-state index >= 15 is 0 Å². The van der Waals surface area contributed by atoms with Crippen LogP contribution < -0.4 is 5.32 Å². The van der Waals surface area contributed by atoms with Crippen molar-refractivity contribution in [2.45, 2.75) is 19.1 Å². The lowest BCUT2D eigenvalue weighted by Gasteiger charge is -2.18. The van der Waals surface area contributed by atoms with Crippen LogP contribution in [0.5, 0.6) is 0 Å². The first-order valence-corrected chi connectivity index (χ1v) is 7.08. The smallest absolute Gasteiger partial charge is 0.0943 e. The molecule has 2 N–H and O–H groups in total. The Morgan fingerprint density at radius 1 is 1.35 bits per heavy atom. The van der Waals surface area contributed by atoms with Gasteiger partial charge in [-0.2, -0.15) is 5.10 Å². The van der Waals surface area contributed by atoms with Gasteiger partial charge in [0.1, 0.15) is 0 Å². The lowest BCUT2D eigenvalue weighted by atomic mass is 10.1. The van der Waals surface area contributed by atoms with Gasteiger partial charge in [0.15, 0.2) is 0 Å². The Bertz CT molecular complexity index is 565. The third-order valence-corrected chi connectivity index (χ3v) is 3.83. The van der Waals surface area contributed by atoms with Crippen LogP contribution in [-0.2, 0) is 7.05 Å². The van der Waals surface area contributed by atoms with Crippen molar-refractivity contribution in [2.75, 3.05) is 6.54 Å². The Kier molecular flexibility index (Phi) is 5.05. The molecule has 1 heterocycles. The van der Waals surface area contributed by atoms with Crippen molar-refractivity contribution in [3.63, 3.8) is 0 Å². The Morgan fingerprint density at radius 3 is 2.55 bits per heavy atom. The van der Waals surface area contributed by atoms with Crippen LogP contribution >= 0.6 is 23.2 Å². The maximum atomic E-state index is 10.2. The van der Waals surface area contributed by atoms with E-state index in [1.807, 2.05) is 20.2 Å². The molecule has 0 aliphatic rings. The zero-order chi connectivity index (χ0) is 14.7. The summed E-state index contributed by atoms with van der Waals surface area (Å²) < 4.78 is 1.74. The van der Waals surface area contributed by atoms with E-state index in [0.29, 0.717) is 22.2 Å². The van der Waals surface area contributed by atoms with Gasteiger partial charge in [0.25, 0.3) is 0 Å². The van der Waals surface area contributed by atoms with E-state index in [9.17, 15) is 5.11 Å². The minimum absolute atomic E-state index is 0.0830. The molecule has 2 rings (SSSR count). The van der Waals surface area contributed by atoms with E-state index in [0.717, 1.165) is 5.56 Å². The lowest BCUT2D eigenvalue weighted by Crippen LogP contribution is -2.24. The highest BCUT2D eigenvalue weighted by Gasteiger charge is 2.16. The molecule has 0 bridgehead atoms. The number of hydrogen-bond acceptors (Lipinski definition) is 3. The average Bonchev–Trinajstić information content (AvgIpc) is 2.82. The van der Waals surface area contributed by atoms with E-state index in [1.165, 1.54) is 0 Å². The molecule has 20 heavy (non-hydrogen) atoms. The maximum Gasteiger partial charge on any atom is 0.0943 e. The summed E-state index contributed by atoms with van der Waals surface area (Å²) in [7, 11) is 1.87. The second kappa shape index (κ2) is 6.59. The third kappa shape index (κ3) is 3.52. The number of rotatable bonds is 5. The fraction of sp³-hybridized carbons (Fsp3) is 0.357. The normalized spacial score (nSPS) is 14.2. The summed E-state index contributed by atoms with van der Waals surface area (Å²) in [5, 5.41) is 18.5. The maximum absolute atomic E-state index is 10.2. The fourth-order valence-electron chi connectivity index (χ4n) is 2.00. The van der Waals surface area contributed by atoms with Crippen LogP contribution in [0.15, 0.2) is 30.6 Å². The van der Waals surface area contributed by atoms with Crippen molar-refractivity contribution >= 4 is 23.2 Å². The van der Waals surface area contributed by atoms with Crippen LogP contribution in [0.2, 0.25) is 10.0 Å². The van der Waals surface area contributed by atoms with Gasteiger partial charge in [0.05, 0.1) is 12.3 Å². The van der Waals surface area contributed by atoms with Gasteiger partial charge >= 0.3 is 0 Å². The first-order valence-electron chi connectivity index (χ1n) is 6.33. The van der Waals surface area contributed by atoms with Crippen LogP contribution in [0.4, 0.5) is 0 Å². The molecule has 1 aromatic carbocycles. The van der Waals surface area contributed by atoms with Gasteiger partial charge in [0.2, 0.25) is 0 Å². The van der Waals surface area contributed by atoms with Crippen LogP contribution in [0, 0.1) is 0 Å². The molecule has 0 aliphatic carbocycles. The summed E-state index contributed by atoms with van der Waals surface area (Å²) >= 11 is 12.1. The van der Waals surface area contributed by atoms with Crippen molar-refractivity contribution < 1.29 is 5.11 Å². The second-order valence-corrected chi connectivity index (χ2v) is 5.54. The average molecular weight is 314 g/mol. The van der Waals surface area contributed by atoms with E-state index in [4.69, 9.17) is 23.2 Å². The highest BCUT2D eigenvalue weighted by Crippen LogP contribution is 2.30. The first kappa shape index (κ1) is 15.3. The zero-order valence-electron chi connectivity index (χ0n) is 11.3.